The van der Waals surface area contributed by atoms with Gasteiger partial charge in [-0.2, -0.15) is 9.61 Å². The highest BCUT2D eigenvalue weighted by Crippen LogP contribution is 2.29. The van der Waals surface area contributed by atoms with Gasteiger partial charge in [0, 0.05) is 24.5 Å². The fourth-order valence-corrected chi connectivity index (χ4v) is 5.21. The number of benzene rings is 1. The Morgan fingerprint density at radius 2 is 2.10 bits per heavy atom. The van der Waals surface area contributed by atoms with Crippen molar-refractivity contribution in [1.29, 1.82) is 0 Å². The quantitative estimate of drug-likeness (QED) is 0.504. The number of ether oxygens (including phenoxy) is 2. The molecule has 10 heteroatoms. The summed E-state index contributed by atoms with van der Waals surface area (Å²) < 4.78 is 14.0. The molecule has 1 atom stereocenters. The van der Waals surface area contributed by atoms with Crippen LogP contribution in [-0.4, -0.2) is 56.6 Å². The van der Waals surface area contributed by atoms with Gasteiger partial charge in [0.25, 0.3) is 0 Å². The zero-order chi connectivity index (χ0) is 21.6. The SMILES string of the molecule is COc1ccc(Cn2c(=O)n3ncnc3c3cc(CN4CCOC(C)(N)C4)sc32)cc1. The molecule has 9 nitrogen and oxygen atoms in total. The molecule has 1 aliphatic rings. The lowest BCUT2D eigenvalue weighted by Gasteiger charge is -2.37. The van der Waals surface area contributed by atoms with E-state index < -0.39 is 5.72 Å². The number of fused-ring (bicyclic) bond motifs is 3. The molecule has 0 aliphatic carbocycles. The fourth-order valence-electron chi connectivity index (χ4n) is 4.02. The minimum absolute atomic E-state index is 0.204. The van der Waals surface area contributed by atoms with Crippen molar-refractivity contribution >= 4 is 27.2 Å². The topological polar surface area (TPSA) is 99.9 Å². The van der Waals surface area contributed by atoms with Gasteiger partial charge in [-0.25, -0.2) is 9.78 Å². The summed E-state index contributed by atoms with van der Waals surface area (Å²) in [5, 5.41) is 5.08. The number of nitrogens with zero attached hydrogens (tertiary/aromatic N) is 5. The van der Waals surface area contributed by atoms with Crippen LogP contribution in [0.2, 0.25) is 0 Å². The molecule has 2 N–H and O–H groups in total. The Balaban J connectivity index is 1.55. The van der Waals surface area contributed by atoms with E-state index >= 15 is 0 Å². The number of aromatic nitrogens is 4. The van der Waals surface area contributed by atoms with Crippen LogP contribution in [0.5, 0.6) is 5.75 Å². The van der Waals surface area contributed by atoms with E-state index in [0.29, 0.717) is 25.3 Å². The molecule has 1 fully saturated rings. The fraction of sp³-hybridized carbons (Fsp3) is 0.381. The third-order valence-corrected chi connectivity index (χ3v) is 6.61. The summed E-state index contributed by atoms with van der Waals surface area (Å²) in [6, 6.07) is 9.83. The second kappa shape index (κ2) is 7.72. The Labute approximate surface area is 182 Å². The Morgan fingerprint density at radius 3 is 2.84 bits per heavy atom. The molecule has 3 aromatic heterocycles. The normalized spacial score (nSPS) is 20.0. The molecule has 0 spiro atoms. The number of hydrogen-bond donors (Lipinski definition) is 1. The molecule has 0 amide bonds. The molecule has 1 saturated heterocycles. The van der Waals surface area contributed by atoms with E-state index in [1.807, 2.05) is 31.2 Å². The van der Waals surface area contributed by atoms with Crippen LogP contribution in [0.15, 0.2) is 41.5 Å². The predicted octanol–water partition coefficient (Wildman–Crippen LogP) is 1.67. The molecule has 1 aliphatic heterocycles. The van der Waals surface area contributed by atoms with Gasteiger partial charge < -0.3 is 15.2 Å². The Bertz CT molecular complexity index is 1290. The van der Waals surface area contributed by atoms with Crippen molar-refractivity contribution in [2.45, 2.75) is 25.7 Å². The molecule has 0 radical (unpaired) electrons. The van der Waals surface area contributed by atoms with E-state index in [0.717, 1.165) is 39.5 Å². The maximum absolute atomic E-state index is 13.2. The smallest absolute Gasteiger partial charge is 0.352 e. The minimum atomic E-state index is -0.647. The lowest BCUT2D eigenvalue weighted by molar-refractivity contribution is -0.0957. The summed E-state index contributed by atoms with van der Waals surface area (Å²) in [5.41, 5.74) is 6.91. The lowest BCUT2D eigenvalue weighted by atomic mass is 10.2. The average molecular weight is 441 g/mol. The first-order valence-electron chi connectivity index (χ1n) is 10.1. The molecule has 1 aromatic carbocycles. The second-order valence-electron chi connectivity index (χ2n) is 8.02. The number of nitrogens with two attached hydrogens (primary N) is 1. The van der Waals surface area contributed by atoms with E-state index in [4.69, 9.17) is 15.2 Å². The highest BCUT2D eigenvalue weighted by molar-refractivity contribution is 7.18. The average Bonchev–Trinajstić information content (AvgIpc) is 3.38. The molecule has 162 valence electrons. The first kappa shape index (κ1) is 20.1. The molecule has 4 heterocycles. The van der Waals surface area contributed by atoms with Gasteiger partial charge in [0.2, 0.25) is 0 Å². The van der Waals surface area contributed by atoms with E-state index in [2.05, 4.69) is 21.0 Å². The summed E-state index contributed by atoms with van der Waals surface area (Å²) in [4.78, 5) is 21.8. The van der Waals surface area contributed by atoms with Gasteiger partial charge in [0.1, 0.15) is 22.6 Å². The highest BCUT2D eigenvalue weighted by atomic mass is 32.1. The van der Waals surface area contributed by atoms with Crippen molar-refractivity contribution in [2.24, 2.45) is 5.73 Å². The standard InChI is InChI=1S/C21H24N6O3S/c1-21(22)12-25(7-8-30-21)11-16-9-17-18-23-13-24-27(18)20(28)26(19(17)31-16)10-14-3-5-15(29-2)6-4-14/h3-6,9,13H,7-8,10-12,22H2,1-2H3. The van der Waals surface area contributed by atoms with E-state index in [-0.39, 0.29) is 5.69 Å². The summed E-state index contributed by atoms with van der Waals surface area (Å²) in [5.74, 6) is 0.781. The van der Waals surface area contributed by atoms with Crippen LogP contribution in [0.25, 0.3) is 15.9 Å². The van der Waals surface area contributed by atoms with E-state index in [1.54, 1.807) is 23.0 Å². The molecule has 0 saturated carbocycles. The molecule has 0 bridgehead atoms. The summed E-state index contributed by atoms with van der Waals surface area (Å²) >= 11 is 1.61. The molecular weight excluding hydrogens is 416 g/mol. The number of thiophene rings is 1. The van der Waals surface area contributed by atoms with Crippen molar-refractivity contribution in [3.05, 3.63) is 57.6 Å². The van der Waals surface area contributed by atoms with Gasteiger partial charge in [-0.1, -0.05) is 12.1 Å². The predicted molar refractivity (Wildman–Crippen MR) is 119 cm³/mol. The first-order chi connectivity index (χ1) is 14.9. The van der Waals surface area contributed by atoms with E-state index in [1.165, 1.54) is 10.8 Å². The third-order valence-electron chi connectivity index (χ3n) is 5.47. The summed E-state index contributed by atoms with van der Waals surface area (Å²) in [6.45, 7) is 5.16. The van der Waals surface area contributed by atoms with Crippen molar-refractivity contribution in [2.75, 3.05) is 26.8 Å². The van der Waals surface area contributed by atoms with Crippen molar-refractivity contribution in [1.82, 2.24) is 24.1 Å². The number of morpholine rings is 1. The zero-order valence-corrected chi connectivity index (χ0v) is 18.3. The molecule has 31 heavy (non-hydrogen) atoms. The minimum Gasteiger partial charge on any atom is -0.497 e. The highest BCUT2D eigenvalue weighted by Gasteiger charge is 2.28. The zero-order valence-electron chi connectivity index (χ0n) is 17.4. The largest absolute Gasteiger partial charge is 0.497 e. The van der Waals surface area contributed by atoms with Gasteiger partial charge in [0.05, 0.1) is 25.6 Å². The molecule has 1 unspecified atom stereocenters. The Hall–Kier alpha value is -2.79. The number of rotatable bonds is 5. The lowest BCUT2D eigenvalue weighted by Crippen LogP contribution is -2.55. The van der Waals surface area contributed by atoms with Crippen molar-refractivity contribution < 1.29 is 9.47 Å². The van der Waals surface area contributed by atoms with Crippen LogP contribution < -0.4 is 16.2 Å². The van der Waals surface area contributed by atoms with Crippen LogP contribution in [-0.2, 0) is 17.8 Å². The van der Waals surface area contributed by atoms with Crippen LogP contribution >= 0.6 is 11.3 Å². The van der Waals surface area contributed by atoms with Crippen LogP contribution in [0.4, 0.5) is 0 Å². The first-order valence-corrected chi connectivity index (χ1v) is 10.9. The maximum Gasteiger partial charge on any atom is 0.352 e. The number of methoxy groups -OCH3 is 1. The molecule has 5 rings (SSSR count). The summed E-state index contributed by atoms with van der Waals surface area (Å²) in [6.07, 6.45) is 1.42. The van der Waals surface area contributed by atoms with Crippen LogP contribution in [0.3, 0.4) is 0 Å². The van der Waals surface area contributed by atoms with Crippen LogP contribution in [0.1, 0.15) is 17.4 Å². The van der Waals surface area contributed by atoms with E-state index in [9.17, 15) is 4.79 Å². The third kappa shape index (κ3) is 3.83. The number of hydrogen-bond acceptors (Lipinski definition) is 8. The van der Waals surface area contributed by atoms with Crippen molar-refractivity contribution in [3.63, 3.8) is 0 Å². The monoisotopic (exact) mass is 440 g/mol. The Kier molecular flexibility index (Phi) is 5.01. The molecular formula is C21H24N6O3S. The maximum atomic E-state index is 13.2. The van der Waals surface area contributed by atoms with Gasteiger partial charge in [-0.15, -0.1) is 11.3 Å². The Morgan fingerprint density at radius 1 is 1.29 bits per heavy atom. The second-order valence-corrected chi connectivity index (χ2v) is 9.13. The van der Waals surface area contributed by atoms with Crippen molar-refractivity contribution in [3.8, 4) is 5.75 Å². The van der Waals surface area contributed by atoms with Gasteiger partial charge in [-0.05, 0) is 30.7 Å². The van der Waals surface area contributed by atoms with Crippen LogP contribution in [0, 0.1) is 0 Å². The van der Waals surface area contributed by atoms with Gasteiger partial charge in [0.15, 0.2) is 5.65 Å². The summed E-state index contributed by atoms with van der Waals surface area (Å²) in [7, 11) is 1.64. The molecule has 4 aromatic rings. The van der Waals surface area contributed by atoms with Gasteiger partial charge in [-0.3, -0.25) is 9.47 Å². The van der Waals surface area contributed by atoms with Gasteiger partial charge >= 0.3 is 5.69 Å².